The molecule has 0 radical (unpaired) electrons. The molecular weight excluding hydrogens is 563 g/mol. The number of esters is 1. The van der Waals surface area contributed by atoms with Gasteiger partial charge in [-0.2, -0.15) is 0 Å². The largest absolute Gasteiger partial charge is 0.456 e. The Kier molecular flexibility index (Phi) is 7.58. The quantitative estimate of drug-likeness (QED) is 0.189. The van der Waals surface area contributed by atoms with Gasteiger partial charge in [0.25, 0.3) is 5.91 Å². The molecule has 3 amide bonds. The average Bonchev–Trinajstić information content (AvgIpc) is 3.23. The van der Waals surface area contributed by atoms with Crippen LogP contribution in [0.3, 0.4) is 0 Å². The van der Waals surface area contributed by atoms with E-state index in [0.29, 0.717) is 36.5 Å². The molecule has 2 atom stereocenters. The molecule has 1 saturated heterocycles. The van der Waals surface area contributed by atoms with Crippen molar-refractivity contribution in [1.82, 2.24) is 4.90 Å². The first-order valence-corrected chi connectivity index (χ1v) is 14.5. The molecule has 0 unspecified atom stereocenters. The number of benzene rings is 3. The maximum Gasteiger partial charge on any atom is 0.306 e. The number of carbonyl (C=O) groups excluding carboxylic acids is 4. The number of amides is 3. The molecule has 1 heterocycles. The third-order valence-corrected chi connectivity index (χ3v) is 8.92. The maximum absolute atomic E-state index is 13.6. The van der Waals surface area contributed by atoms with Crippen LogP contribution in [0.15, 0.2) is 66.7 Å². The number of nitrogens with zero attached hydrogens (tertiary/aromatic N) is 1. The van der Waals surface area contributed by atoms with Crippen molar-refractivity contribution in [2.45, 2.75) is 37.5 Å². The van der Waals surface area contributed by atoms with Crippen molar-refractivity contribution in [2.24, 2.45) is 11.8 Å². The minimum absolute atomic E-state index is 0.0924. The number of hydrogen-bond donors (Lipinski definition) is 1. The number of nitrogens with one attached hydrogen (secondary N) is 1. The summed E-state index contributed by atoms with van der Waals surface area (Å²) >= 11 is 11.9. The van der Waals surface area contributed by atoms with Crippen LogP contribution < -0.4 is 5.32 Å². The van der Waals surface area contributed by atoms with Crippen molar-refractivity contribution >= 4 is 52.6 Å². The highest BCUT2D eigenvalue weighted by atomic mass is 35.5. The number of likely N-dealkylation sites (tertiary alicyclic amines) is 1. The van der Waals surface area contributed by atoms with Crippen LogP contribution in [-0.4, -0.2) is 41.7 Å². The second-order valence-electron chi connectivity index (χ2n) is 10.7. The van der Waals surface area contributed by atoms with Crippen LogP contribution in [0.4, 0.5) is 5.69 Å². The molecule has 0 saturated carbocycles. The molecule has 2 bridgehead atoms. The Morgan fingerprint density at radius 2 is 1.34 bits per heavy atom. The Balaban J connectivity index is 0.996. The summed E-state index contributed by atoms with van der Waals surface area (Å²) in [5.41, 5.74) is 5.00. The number of rotatable bonds is 9. The zero-order valence-corrected chi connectivity index (χ0v) is 23.7. The monoisotopic (exact) mass is 590 g/mol. The van der Waals surface area contributed by atoms with Gasteiger partial charge in [-0.3, -0.25) is 24.1 Å². The van der Waals surface area contributed by atoms with E-state index in [1.165, 1.54) is 11.0 Å². The van der Waals surface area contributed by atoms with Crippen LogP contribution in [0.5, 0.6) is 0 Å². The van der Waals surface area contributed by atoms with Crippen LogP contribution >= 0.6 is 23.2 Å². The third kappa shape index (κ3) is 5.02. The number of imide groups is 1. The summed E-state index contributed by atoms with van der Waals surface area (Å²) in [6.45, 7) is -0.0967. The highest BCUT2D eigenvalue weighted by molar-refractivity contribution is 6.36. The number of anilines is 1. The Bertz CT molecular complexity index is 1440. The highest BCUT2D eigenvalue weighted by Gasteiger charge is 2.61. The number of halogens is 2. The average molecular weight is 591 g/mol. The van der Waals surface area contributed by atoms with Crippen molar-refractivity contribution < 1.29 is 23.9 Å². The molecule has 1 N–H and O–H groups in total. The van der Waals surface area contributed by atoms with Crippen molar-refractivity contribution in [3.63, 3.8) is 0 Å². The second-order valence-corrected chi connectivity index (χ2v) is 11.6. The smallest absolute Gasteiger partial charge is 0.306 e. The first-order valence-electron chi connectivity index (χ1n) is 13.8. The zero-order valence-electron chi connectivity index (χ0n) is 22.1. The van der Waals surface area contributed by atoms with Gasteiger partial charge in [-0.15, -0.1) is 0 Å². The van der Waals surface area contributed by atoms with E-state index >= 15 is 0 Å². The molecule has 7 nitrogen and oxygen atoms in total. The third-order valence-electron chi connectivity index (χ3n) is 8.37. The topological polar surface area (TPSA) is 92.8 Å². The molecule has 210 valence electrons. The normalized spacial score (nSPS) is 21.8. The van der Waals surface area contributed by atoms with Crippen molar-refractivity contribution in [3.05, 3.63) is 99.0 Å². The molecule has 1 aliphatic heterocycles. The summed E-state index contributed by atoms with van der Waals surface area (Å²) in [5, 5.41) is 3.31. The lowest BCUT2D eigenvalue weighted by Crippen LogP contribution is -2.41. The molecule has 9 heteroatoms. The lowest BCUT2D eigenvalue weighted by molar-refractivity contribution is -0.147. The lowest BCUT2D eigenvalue weighted by Gasteiger charge is -2.45. The molecule has 41 heavy (non-hydrogen) atoms. The van der Waals surface area contributed by atoms with Crippen LogP contribution in [0, 0.1) is 11.8 Å². The molecule has 4 aliphatic rings. The Morgan fingerprint density at radius 1 is 0.780 bits per heavy atom. The summed E-state index contributed by atoms with van der Waals surface area (Å²) in [6.07, 6.45) is 1.89. The summed E-state index contributed by atoms with van der Waals surface area (Å²) in [5.74, 6) is -2.15. The van der Waals surface area contributed by atoms with E-state index in [1.807, 2.05) is 24.3 Å². The van der Waals surface area contributed by atoms with E-state index in [2.05, 4.69) is 29.6 Å². The first-order chi connectivity index (χ1) is 19.8. The number of carbonyl (C=O) groups is 4. The number of ether oxygens (including phenoxy) is 1. The highest BCUT2D eigenvalue weighted by Crippen LogP contribution is 2.60. The minimum Gasteiger partial charge on any atom is -0.456 e. The molecule has 1 fully saturated rings. The predicted molar refractivity (Wildman–Crippen MR) is 155 cm³/mol. The summed E-state index contributed by atoms with van der Waals surface area (Å²) in [4.78, 5) is 52.9. The molecular formula is C32H28Cl2N2O5. The second kappa shape index (κ2) is 11.3. The Labute approximate surface area is 247 Å². The van der Waals surface area contributed by atoms with E-state index in [-0.39, 0.29) is 46.9 Å². The molecule has 3 aliphatic carbocycles. The molecule has 3 aromatic carbocycles. The first kappa shape index (κ1) is 27.5. The van der Waals surface area contributed by atoms with Gasteiger partial charge in [-0.1, -0.05) is 78.2 Å². The van der Waals surface area contributed by atoms with E-state index in [4.69, 9.17) is 27.9 Å². The van der Waals surface area contributed by atoms with Crippen LogP contribution in [0.1, 0.15) is 59.8 Å². The van der Waals surface area contributed by atoms with Gasteiger partial charge in [-0.25, -0.2) is 0 Å². The van der Waals surface area contributed by atoms with Gasteiger partial charge in [0, 0.05) is 29.8 Å². The van der Waals surface area contributed by atoms with Gasteiger partial charge in [-0.05, 0) is 53.3 Å². The molecule has 3 aromatic rings. The van der Waals surface area contributed by atoms with Crippen LogP contribution in [0.2, 0.25) is 10.0 Å². The van der Waals surface area contributed by atoms with E-state index in [1.54, 1.807) is 12.1 Å². The van der Waals surface area contributed by atoms with E-state index < -0.39 is 18.5 Å². The standard InChI is InChI=1S/C32H28Cl2N2O5/c33-18-13-14-24(23(34)16-18)35-25(37)17-41-26(38)12-2-1-7-15-36-31(39)29-27-19-8-3-4-9-20(19)28(30(29)32(36)40)22-11-6-5-10-21(22)27/h3-6,8-11,13-14,16,27-30H,1-2,7,12,15,17H2,(H,35,37)/t27?,28?,29-,30-/m1/s1. The van der Waals surface area contributed by atoms with Crippen molar-refractivity contribution in [1.29, 1.82) is 0 Å². The maximum atomic E-state index is 13.6. The Morgan fingerprint density at radius 3 is 1.88 bits per heavy atom. The zero-order chi connectivity index (χ0) is 28.7. The summed E-state index contributed by atoms with van der Waals surface area (Å²) in [7, 11) is 0. The number of unbranched alkanes of at least 4 members (excludes halogenated alkanes) is 2. The molecule has 7 rings (SSSR count). The minimum atomic E-state index is -0.506. The van der Waals surface area contributed by atoms with Crippen molar-refractivity contribution in [3.8, 4) is 0 Å². The van der Waals surface area contributed by atoms with Crippen molar-refractivity contribution in [2.75, 3.05) is 18.5 Å². The molecule has 0 aromatic heterocycles. The van der Waals surface area contributed by atoms with Gasteiger partial charge in [0.05, 0.1) is 22.5 Å². The van der Waals surface area contributed by atoms with Gasteiger partial charge < -0.3 is 10.1 Å². The Hall–Kier alpha value is -3.68. The van der Waals surface area contributed by atoms with Gasteiger partial charge in [0.1, 0.15) is 0 Å². The summed E-state index contributed by atoms with van der Waals surface area (Å²) in [6, 6.07) is 21.0. The van der Waals surface area contributed by atoms with Gasteiger partial charge in [0.2, 0.25) is 11.8 Å². The van der Waals surface area contributed by atoms with Crippen LogP contribution in [0.25, 0.3) is 0 Å². The van der Waals surface area contributed by atoms with Gasteiger partial charge in [0.15, 0.2) is 6.61 Å². The number of hydrogen-bond acceptors (Lipinski definition) is 5. The summed E-state index contributed by atoms with van der Waals surface area (Å²) < 4.78 is 5.07. The predicted octanol–water partition coefficient (Wildman–Crippen LogP) is 5.93. The fraction of sp³-hybridized carbons (Fsp3) is 0.312. The van der Waals surface area contributed by atoms with E-state index in [0.717, 1.165) is 22.3 Å². The fourth-order valence-corrected chi connectivity index (χ4v) is 7.13. The van der Waals surface area contributed by atoms with Crippen LogP contribution in [-0.2, 0) is 23.9 Å². The lowest BCUT2D eigenvalue weighted by atomic mass is 9.55. The van der Waals surface area contributed by atoms with E-state index in [9.17, 15) is 19.2 Å². The van der Waals surface area contributed by atoms with Gasteiger partial charge >= 0.3 is 5.97 Å². The molecule has 0 spiro atoms. The SMILES string of the molecule is O=C(COC(=O)CCCCCN1C(=O)[C@@H]2C3c4ccccc4C(c4ccccc43)[C@H]2C1=O)Nc1ccc(Cl)cc1Cl. The fourth-order valence-electron chi connectivity index (χ4n) is 6.67.